The van der Waals surface area contributed by atoms with E-state index in [9.17, 15) is 0 Å². The summed E-state index contributed by atoms with van der Waals surface area (Å²) < 4.78 is 0. The van der Waals surface area contributed by atoms with Gasteiger partial charge in [0.1, 0.15) is 0 Å². The van der Waals surface area contributed by atoms with Gasteiger partial charge in [-0.25, -0.2) is 0 Å². The van der Waals surface area contributed by atoms with Crippen molar-refractivity contribution in [3.8, 4) is 0 Å². The predicted octanol–water partition coefficient (Wildman–Crippen LogP) is 2.06. The Morgan fingerprint density at radius 1 is 1.43 bits per heavy atom. The third-order valence-corrected chi connectivity index (χ3v) is 3.18. The molecular formula is C12H18N2. The lowest BCUT2D eigenvalue weighted by atomic mass is 9.74. The summed E-state index contributed by atoms with van der Waals surface area (Å²) in [4.78, 5) is 4.25. The van der Waals surface area contributed by atoms with E-state index in [0.717, 1.165) is 12.8 Å². The van der Waals surface area contributed by atoms with Gasteiger partial charge in [0.25, 0.3) is 0 Å². The van der Waals surface area contributed by atoms with E-state index in [-0.39, 0.29) is 0 Å². The molecular weight excluding hydrogens is 172 g/mol. The van der Waals surface area contributed by atoms with Gasteiger partial charge in [-0.1, -0.05) is 13.8 Å². The number of nitrogens with zero attached hydrogens (tertiary/aromatic N) is 1. The lowest BCUT2D eigenvalue weighted by Gasteiger charge is -2.31. The maximum Gasteiger partial charge on any atom is 0.0315 e. The van der Waals surface area contributed by atoms with E-state index in [4.69, 9.17) is 5.73 Å². The van der Waals surface area contributed by atoms with Crippen LogP contribution < -0.4 is 5.73 Å². The first-order chi connectivity index (χ1) is 6.62. The van der Waals surface area contributed by atoms with Crippen LogP contribution in [-0.2, 0) is 19.4 Å². The zero-order chi connectivity index (χ0) is 10.2. The third-order valence-electron chi connectivity index (χ3n) is 3.18. The van der Waals surface area contributed by atoms with E-state index in [1.807, 2.05) is 12.4 Å². The maximum absolute atomic E-state index is 5.70. The molecule has 2 nitrogen and oxygen atoms in total. The van der Waals surface area contributed by atoms with Gasteiger partial charge in [0, 0.05) is 18.9 Å². The van der Waals surface area contributed by atoms with Crippen LogP contribution in [0.25, 0.3) is 0 Å². The quantitative estimate of drug-likeness (QED) is 0.736. The van der Waals surface area contributed by atoms with Gasteiger partial charge < -0.3 is 5.73 Å². The summed E-state index contributed by atoms with van der Waals surface area (Å²) in [5.41, 5.74) is 10.2. The molecule has 1 aromatic rings. The zero-order valence-corrected chi connectivity index (χ0v) is 9.01. The van der Waals surface area contributed by atoms with E-state index in [1.165, 1.54) is 23.1 Å². The minimum atomic E-state index is 0.432. The molecule has 0 fully saturated rings. The Hall–Kier alpha value is -0.890. The highest BCUT2D eigenvalue weighted by atomic mass is 14.7. The molecule has 1 aromatic heterocycles. The molecule has 0 spiro atoms. The Morgan fingerprint density at radius 2 is 2.21 bits per heavy atom. The van der Waals surface area contributed by atoms with Crippen molar-refractivity contribution >= 4 is 0 Å². The second kappa shape index (κ2) is 3.35. The first kappa shape index (κ1) is 9.66. The van der Waals surface area contributed by atoms with Crippen LogP contribution in [0.15, 0.2) is 12.4 Å². The van der Waals surface area contributed by atoms with Crippen LogP contribution in [0.1, 0.15) is 37.0 Å². The fourth-order valence-electron chi connectivity index (χ4n) is 2.30. The van der Waals surface area contributed by atoms with Crippen LogP contribution in [0.4, 0.5) is 0 Å². The lowest BCUT2D eigenvalue weighted by Crippen LogP contribution is -2.23. The Morgan fingerprint density at radius 3 is 2.93 bits per heavy atom. The molecule has 14 heavy (non-hydrogen) atoms. The molecule has 0 unspecified atom stereocenters. The molecule has 0 saturated heterocycles. The molecule has 1 heterocycles. The van der Waals surface area contributed by atoms with Crippen molar-refractivity contribution in [3.63, 3.8) is 0 Å². The molecule has 2 heteroatoms. The van der Waals surface area contributed by atoms with E-state index < -0.39 is 0 Å². The average molecular weight is 190 g/mol. The first-order valence-corrected chi connectivity index (χ1v) is 5.27. The lowest BCUT2D eigenvalue weighted by molar-refractivity contribution is 0.314. The van der Waals surface area contributed by atoms with Crippen molar-refractivity contribution in [1.82, 2.24) is 4.98 Å². The van der Waals surface area contributed by atoms with E-state index >= 15 is 0 Å². The number of pyridine rings is 1. The maximum atomic E-state index is 5.70. The largest absolute Gasteiger partial charge is 0.326 e. The monoisotopic (exact) mass is 190 g/mol. The average Bonchev–Trinajstić information content (AvgIpc) is 2.15. The third kappa shape index (κ3) is 1.67. The standard InChI is InChI=1S/C12H18N2/c1-12(2)4-3-11-9(5-12)7-14-8-10(11)6-13/h7-8H,3-6,13H2,1-2H3. The van der Waals surface area contributed by atoms with Crippen LogP contribution in [0.3, 0.4) is 0 Å². The topological polar surface area (TPSA) is 38.9 Å². The molecule has 0 saturated carbocycles. The van der Waals surface area contributed by atoms with Gasteiger partial charge in [-0.3, -0.25) is 4.98 Å². The summed E-state index contributed by atoms with van der Waals surface area (Å²) in [6.45, 7) is 5.27. The summed E-state index contributed by atoms with van der Waals surface area (Å²) >= 11 is 0. The Labute approximate surface area is 85.5 Å². The van der Waals surface area contributed by atoms with Crippen LogP contribution in [0.5, 0.6) is 0 Å². The number of nitrogens with two attached hydrogens (primary N) is 1. The van der Waals surface area contributed by atoms with E-state index in [2.05, 4.69) is 18.8 Å². The van der Waals surface area contributed by atoms with Crippen molar-refractivity contribution in [2.24, 2.45) is 11.1 Å². The molecule has 0 radical (unpaired) electrons. The van der Waals surface area contributed by atoms with Crippen LogP contribution >= 0.6 is 0 Å². The first-order valence-electron chi connectivity index (χ1n) is 5.27. The highest BCUT2D eigenvalue weighted by molar-refractivity contribution is 5.34. The normalized spacial score (nSPS) is 19.1. The second-order valence-corrected chi connectivity index (χ2v) is 4.98. The summed E-state index contributed by atoms with van der Waals surface area (Å²) in [6.07, 6.45) is 7.49. The fraction of sp³-hybridized carbons (Fsp3) is 0.583. The summed E-state index contributed by atoms with van der Waals surface area (Å²) in [5, 5.41) is 0. The SMILES string of the molecule is CC1(C)CCc2c(CN)cncc2C1. The minimum absolute atomic E-state index is 0.432. The molecule has 0 bridgehead atoms. The smallest absolute Gasteiger partial charge is 0.0315 e. The molecule has 0 aliphatic heterocycles. The second-order valence-electron chi connectivity index (χ2n) is 4.98. The summed E-state index contributed by atoms with van der Waals surface area (Å²) in [7, 11) is 0. The summed E-state index contributed by atoms with van der Waals surface area (Å²) in [5.74, 6) is 0. The van der Waals surface area contributed by atoms with Crippen molar-refractivity contribution in [2.75, 3.05) is 0 Å². The molecule has 2 N–H and O–H groups in total. The highest BCUT2D eigenvalue weighted by Gasteiger charge is 2.26. The van der Waals surface area contributed by atoms with Gasteiger partial charge in [-0.15, -0.1) is 0 Å². The van der Waals surface area contributed by atoms with Gasteiger partial charge in [0.2, 0.25) is 0 Å². The molecule has 0 atom stereocenters. The van der Waals surface area contributed by atoms with E-state index in [1.54, 1.807) is 0 Å². The van der Waals surface area contributed by atoms with E-state index in [0.29, 0.717) is 12.0 Å². The molecule has 76 valence electrons. The van der Waals surface area contributed by atoms with Gasteiger partial charge >= 0.3 is 0 Å². The van der Waals surface area contributed by atoms with Crippen LogP contribution in [0, 0.1) is 5.41 Å². The Bertz CT molecular complexity index is 342. The minimum Gasteiger partial charge on any atom is -0.326 e. The summed E-state index contributed by atoms with van der Waals surface area (Å²) in [6, 6.07) is 0. The fourth-order valence-corrected chi connectivity index (χ4v) is 2.30. The van der Waals surface area contributed by atoms with Gasteiger partial charge in [0.15, 0.2) is 0 Å². The predicted molar refractivity (Wildman–Crippen MR) is 57.9 cm³/mol. The molecule has 0 aromatic carbocycles. The molecule has 1 aliphatic rings. The Kier molecular flexibility index (Phi) is 2.31. The van der Waals surface area contributed by atoms with Gasteiger partial charge in [-0.2, -0.15) is 0 Å². The molecule has 0 amide bonds. The molecule has 2 rings (SSSR count). The number of aromatic nitrogens is 1. The van der Waals surface area contributed by atoms with Crippen molar-refractivity contribution in [2.45, 2.75) is 39.7 Å². The number of fused-ring (bicyclic) bond motifs is 1. The van der Waals surface area contributed by atoms with Gasteiger partial charge in [0.05, 0.1) is 0 Å². The number of rotatable bonds is 1. The van der Waals surface area contributed by atoms with Gasteiger partial charge in [-0.05, 0) is 41.4 Å². The zero-order valence-electron chi connectivity index (χ0n) is 9.01. The van der Waals surface area contributed by atoms with Crippen LogP contribution in [-0.4, -0.2) is 4.98 Å². The van der Waals surface area contributed by atoms with Crippen molar-refractivity contribution in [1.29, 1.82) is 0 Å². The molecule has 1 aliphatic carbocycles. The Balaban J connectivity index is 2.40. The van der Waals surface area contributed by atoms with Crippen molar-refractivity contribution < 1.29 is 0 Å². The van der Waals surface area contributed by atoms with Crippen molar-refractivity contribution in [3.05, 3.63) is 29.1 Å². The highest BCUT2D eigenvalue weighted by Crippen LogP contribution is 2.35. The van der Waals surface area contributed by atoms with Crippen LogP contribution in [0.2, 0.25) is 0 Å². The number of hydrogen-bond acceptors (Lipinski definition) is 2. The number of hydrogen-bond donors (Lipinski definition) is 1.